The van der Waals surface area contributed by atoms with Gasteiger partial charge in [-0.2, -0.15) is 0 Å². The van der Waals surface area contributed by atoms with E-state index in [-0.39, 0.29) is 19.0 Å². The van der Waals surface area contributed by atoms with Crippen LogP contribution < -0.4 is 18.9 Å². The van der Waals surface area contributed by atoms with Gasteiger partial charge in [-0.05, 0) is 55.9 Å². The van der Waals surface area contributed by atoms with E-state index < -0.39 is 0 Å². The van der Waals surface area contributed by atoms with Crippen molar-refractivity contribution in [3.63, 3.8) is 0 Å². The van der Waals surface area contributed by atoms with Crippen LogP contribution in [0.5, 0.6) is 23.0 Å². The fraction of sp³-hybridized carbons (Fsp3) is 0.500. The number of ether oxygens (including phenoxy) is 4. The minimum Gasteiger partial charge on any atom is -0.493 e. The summed E-state index contributed by atoms with van der Waals surface area (Å²) in [6, 6.07) is 11.2. The molecule has 0 unspecified atom stereocenters. The van der Waals surface area contributed by atoms with Crippen molar-refractivity contribution in [2.75, 3.05) is 26.4 Å². The number of hydrogen-bond donors (Lipinski definition) is 0. The summed E-state index contributed by atoms with van der Waals surface area (Å²) >= 11 is 0. The van der Waals surface area contributed by atoms with Crippen molar-refractivity contribution in [2.45, 2.75) is 59.3 Å². The van der Waals surface area contributed by atoms with E-state index in [0.29, 0.717) is 42.7 Å². The molecule has 0 radical (unpaired) electrons. The molecule has 1 fully saturated rings. The molecule has 0 amide bonds. The minimum atomic E-state index is -0.389. The third-order valence-corrected chi connectivity index (χ3v) is 5.52. The summed E-state index contributed by atoms with van der Waals surface area (Å²) in [6.45, 7) is 7.46. The molecule has 0 heterocycles. The Morgan fingerprint density at radius 3 is 1.97 bits per heavy atom. The molecule has 1 aliphatic carbocycles. The first-order valence-electron chi connectivity index (χ1n) is 13.2. The Morgan fingerprint density at radius 2 is 1.37 bits per heavy atom. The number of rotatable bonds is 13. The number of hydrogen-bond acceptors (Lipinski definition) is 7. The Morgan fingerprint density at radius 1 is 0.763 bits per heavy atom. The molecule has 210 valence electrons. The van der Waals surface area contributed by atoms with Gasteiger partial charge in [-0.1, -0.05) is 39.7 Å². The largest absolute Gasteiger partial charge is 0.493 e. The maximum absolute atomic E-state index is 12.9. The fourth-order valence-electron chi connectivity index (χ4n) is 3.48. The zero-order valence-corrected chi connectivity index (χ0v) is 22.7. The molecule has 8 heteroatoms. The molecule has 1 aliphatic rings. The van der Waals surface area contributed by atoms with E-state index in [1.165, 1.54) is 31.0 Å². The van der Waals surface area contributed by atoms with Crippen molar-refractivity contribution >= 4 is 18.9 Å². The normalized spacial score (nSPS) is 15.9. The minimum absolute atomic E-state index is 0.0614. The van der Waals surface area contributed by atoms with Crippen LogP contribution in [0, 0.1) is 17.7 Å². The Hall–Kier alpha value is -3.42. The highest BCUT2D eigenvalue weighted by atomic mass is 19.1. The molecule has 2 aromatic carbocycles. The van der Waals surface area contributed by atoms with Crippen molar-refractivity contribution in [2.24, 2.45) is 11.8 Å². The van der Waals surface area contributed by atoms with E-state index in [1.54, 1.807) is 12.1 Å². The summed E-state index contributed by atoms with van der Waals surface area (Å²) in [7, 11) is 0. The zero-order valence-electron chi connectivity index (χ0n) is 22.7. The second kappa shape index (κ2) is 20.6. The highest BCUT2D eigenvalue weighted by molar-refractivity contribution is 5.53. The molecule has 0 saturated heterocycles. The van der Waals surface area contributed by atoms with Gasteiger partial charge < -0.3 is 23.7 Å². The second-order valence-corrected chi connectivity index (χ2v) is 8.87. The molecule has 0 N–H and O–H groups in total. The van der Waals surface area contributed by atoms with Gasteiger partial charge in [0.25, 0.3) is 0 Å². The van der Waals surface area contributed by atoms with Crippen molar-refractivity contribution in [3.05, 3.63) is 48.3 Å². The van der Waals surface area contributed by atoms with Crippen LogP contribution in [0.4, 0.5) is 4.39 Å². The van der Waals surface area contributed by atoms with Crippen molar-refractivity contribution in [3.8, 4) is 23.0 Å². The van der Waals surface area contributed by atoms with Crippen molar-refractivity contribution < 1.29 is 37.7 Å². The van der Waals surface area contributed by atoms with Gasteiger partial charge in [-0.25, -0.2) is 4.39 Å². The maximum atomic E-state index is 12.9. The van der Waals surface area contributed by atoms with Crippen LogP contribution in [0.2, 0.25) is 0 Å². The van der Waals surface area contributed by atoms with Crippen molar-refractivity contribution in [1.29, 1.82) is 0 Å². The fourth-order valence-corrected chi connectivity index (χ4v) is 3.48. The van der Waals surface area contributed by atoms with Crippen molar-refractivity contribution in [1.82, 2.24) is 0 Å². The monoisotopic (exact) mass is 532 g/mol. The van der Waals surface area contributed by atoms with Crippen LogP contribution in [0.1, 0.15) is 59.3 Å². The number of benzene rings is 2. The molecule has 1 saturated carbocycles. The Bertz CT molecular complexity index is 927. The van der Waals surface area contributed by atoms with Crippen LogP contribution in [0.25, 0.3) is 0 Å². The number of carbonyl (C=O) groups excluding carboxylic acids is 3. The Labute approximate surface area is 225 Å². The van der Waals surface area contributed by atoms with Crippen LogP contribution in [-0.4, -0.2) is 45.3 Å². The molecule has 0 atom stereocenters. The molecule has 7 nitrogen and oxygen atoms in total. The van der Waals surface area contributed by atoms with Gasteiger partial charge in [0.2, 0.25) is 0 Å². The molecular formula is C30H41FO7. The quantitative estimate of drug-likeness (QED) is 0.282. The summed E-state index contributed by atoms with van der Waals surface area (Å²) in [5.74, 6) is 3.01. The predicted octanol–water partition coefficient (Wildman–Crippen LogP) is 6.26. The average Bonchev–Trinajstić information content (AvgIpc) is 2.94. The lowest BCUT2D eigenvalue weighted by atomic mass is 9.84. The average molecular weight is 533 g/mol. The van der Waals surface area contributed by atoms with Gasteiger partial charge in [-0.15, -0.1) is 0 Å². The number of halogens is 1. The summed E-state index contributed by atoms with van der Waals surface area (Å²) in [6.07, 6.45) is 9.03. The van der Waals surface area contributed by atoms with E-state index in [9.17, 15) is 18.8 Å². The smallest absolute Gasteiger partial charge is 0.164 e. The van der Waals surface area contributed by atoms with Gasteiger partial charge in [0.05, 0.1) is 13.2 Å². The number of aldehydes is 3. The molecule has 2 aromatic rings. The third-order valence-electron chi connectivity index (χ3n) is 5.52. The molecular weight excluding hydrogens is 491 g/mol. The van der Waals surface area contributed by atoms with Crippen LogP contribution in [-0.2, 0) is 14.4 Å². The second-order valence-electron chi connectivity index (χ2n) is 8.87. The van der Waals surface area contributed by atoms with Crippen LogP contribution in [0.3, 0.4) is 0 Å². The van der Waals surface area contributed by atoms with Gasteiger partial charge in [0.1, 0.15) is 36.8 Å². The van der Waals surface area contributed by atoms with Gasteiger partial charge in [0.15, 0.2) is 24.1 Å². The van der Waals surface area contributed by atoms with E-state index in [0.717, 1.165) is 49.9 Å². The summed E-state index contributed by atoms with van der Waals surface area (Å²) in [5, 5.41) is 0. The van der Waals surface area contributed by atoms with E-state index >= 15 is 0 Å². The van der Waals surface area contributed by atoms with Gasteiger partial charge >= 0.3 is 0 Å². The molecule has 0 aromatic heterocycles. The maximum Gasteiger partial charge on any atom is 0.164 e. The predicted molar refractivity (Wildman–Crippen MR) is 145 cm³/mol. The first-order valence-corrected chi connectivity index (χ1v) is 13.2. The molecule has 0 aliphatic heterocycles. The van der Waals surface area contributed by atoms with E-state index in [1.807, 2.05) is 26.0 Å². The molecule has 38 heavy (non-hydrogen) atoms. The van der Waals surface area contributed by atoms with Gasteiger partial charge in [0, 0.05) is 18.1 Å². The summed E-state index contributed by atoms with van der Waals surface area (Å²) < 4.78 is 33.8. The summed E-state index contributed by atoms with van der Waals surface area (Å²) in [5.41, 5.74) is 0. The first-order chi connectivity index (χ1) is 18.5. The van der Waals surface area contributed by atoms with Crippen LogP contribution in [0.15, 0.2) is 42.5 Å². The zero-order chi connectivity index (χ0) is 28.0. The highest BCUT2D eigenvalue weighted by Gasteiger charge is 2.16. The SMILES string of the molecule is CC1CCC(C=O)CC1.CCCOc1cc(F)ccc1OCC=O.CCCOc1cccc(OCC=O)c1. The number of carbonyl (C=O) groups is 3. The van der Waals surface area contributed by atoms with Gasteiger partial charge in [-0.3, -0.25) is 9.59 Å². The highest BCUT2D eigenvalue weighted by Crippen LogP contribution is 2.28. The molecule has 0 bridgehead atoms. The molecule has 0 spiro atoms. The third kappa shape index (κ3) is 14.4. The Kier molecular flexibility index (Phi) is 17.7. The lowest BCUT2D eigenvalue weighted by molar-refractivity contribution is -0.112. The lowest BCUT2D eigenvalue weighted by Gasteiger charge is -2.21. The summed E-state index contributed by atoms with van der Waals surface area (Å²) in [4.78, 5) is 30.5. The first kappa shape index (κ1) is 32.6. The molecule has 3 rings (SSSR count). The standard InChI is InChI=1S/C11H13FO3.C11H14O3.C8H14O/c1-2-6-14-11-8-9(12)3-4-10(11)15-7-5-13;1-2-7-13-10-4-3-5-11(9-10)14-8-6-12;1-7-2-4-8(6-9)5-3-7/h3-5,8H,2,6-7H2,1H3;3-6,9H,2,7-8H2,1H3;6-8H,2-5H2,1H3. The van der Waals surface area contributed by atoms with Crippen LogP contribution >= 0.6 is 0 Å². The van der Waals surface area contributed by atoms with E-state index in [4.69, 9.17) is 18.9 Å². The lowest BCUT2D eigenvalue weighted by Crippen LogP contribution is -2.12. The van der Waals surface area contributed by atoms with E-state index in [2.05, 4.69) is 6.92 Å². The Balaban J connectivity index is 0.000000294. The topological polar surface area (TPSA) is 88.1 Å².